The van der Waals surface area contributed by atoms with Gasteiger partial charge in [-0.1, -0.05) is 38.0 Å². The van der Waals surface area contributed by atoms with Gasteiger partial charge in [-0.15, -0.1) is 0 Å². The number of aryl methyl sites for hydroxylation is 2. The first kappa shape index (κ1) is 13.7. The molecular formula is C14H22N2O. The van der Waals surface area contributed by atoms with E-state index in [4.69, 9.17) is 5.84 Å². The summed E-state index contributed by atoms with van der Waals surface area (Å²) in [4.78, 5) is 12.1. The Labute approximate surface area is 104 Å². The number of carbonyl (C=O) groups is 1. The fourth-order valence-corrected chi connectivity index (χ4v) is 1.85. The zero-order chi connectivity index (χ0) is 13.2. The third kappa shape index (κ3) is 4.19. The Morgan fingerprint density at radius 3 is 2.06 bits per heavy atom. The molecule has 0 atom stereocenters. The molecule has 0 aromatic heterocycles. The lowest BCUT2D eigenvalue weighted by molar-refractivity contribution is 0.0695. The Morgan fingerprint density at radius 1 is 1.18 bits per heavy atom. The van der Waals surface area contributed by atoms with Gasteiger partial charge in [-0.25, -0.2) is 5.84 Å². The zero-order valence-electron chi connectivity index (χ0n) is 11.4. The summed E-state index contributed by atoms with van der Waals surface area (Å²) in [5.74, 6) is 5.70. The topological polar surface area (TPSA) is 46.3 Å². The van der Waals surface area contributed by atoms with E-state index < -0.39 is 0 Å². The summed E-state index contributed by atoms with van der Waals surface area (Å²) in [5.41, 5.74) is 2.83. The van der Waals surface area contributed by atoms with Crippen LogP contribution >= 0.6 is 0 Å². The normalized spacial score (nSPS) is 11.4. The summed E-state index contributed by atoms with van der Waals surface area (Å²) >= 11 is 0. The van der Waals surface area contributed by atoms with E-state index in [1.807, 2.05) is 32.0 Å². The van der Waals surface area contributed by atoms with Gasteiger partial charge >= 0.3 is 0 Å². The number of hydrogen-bond acceptors (Lipinski definition) is 2. The minimum absolute atomic E-state index is 0.00325. The molecule has 1 amide bonds. The highest BCUT2D eigenvalue weighted by atomic mass is 16.2. The number of amides is 1. The Bertz CT molecular complexity index is 398. The Kier molecular flexibility index (Phi) is 3.94. The summed E-state index contributed by atoms with van der Waals surface area (Å²) in [6.45, 7) is 10.7. The van der Waals surface area contributed by atoms with Gasteiger partial charge in [-0.2, -0.15) is 0 Å². The average Bonchev–Trinajstić information content (AvgIpc) is 2.12. The molecule has 0 saturated heterocycles. The van der Waals surface area contributed by atoms with Gasteiger partial charge in [0.2, 0.25) is 0 Å². The number of benzene rings is 1. The molecule has 1 aromatic rings. The molecule has 0 aliphatic carbocycles. The monoisotopic (exact) mass is 234 g/mol. The second-order valence-electron chi connectivity index (χ2n) is 5.87. The van der Waals surface area contributed by atoms with Crippen LogP contribution in [0.25, 0.3) is 0 Å². The van der Waals surface area contributed by atoms with Crippen LogP contribution in [0.5, 0.6) is 0 Å². The number of hydrogen-bond donors (Lipinski definition) is 1. The predicted octanol–water partition coefficient (Wildman–Crippen LogP) is 2.67. The minimum Gasteiger partial charge on any atom is -0.276 e. The molecule has 0 bridgehead atoms. The van der Waals surface area contributed by atoms with Gasteiger partial charge in [0, 0.05) is 12.1 Å². The molecule has 0 aliphatic heterocycles. The smallest absolute Gasteiger partial charge is 0.267 e. The maximum Gasteiger partial charge on any atom is 0.267 e. The van der Waals surface area contributed by atoms with E-state index in [9.17, 15) is 4.79 Å². The van der Waals surface area contributed by atoms with E-state index >= 15 is 0 Å². The first-order valence-electron chi connectivity index (χ1n) is 5.84. The van der Waals surface area contributed by atoms with Crippen molar-refractivity contribution in [2.75, 3.05) is 6.54 Å². The molecular weight excluding hydrogens is 212 g/mol. The maximum atomic E-state index is 12.1. The van der Waals surface area contributed by atoms with Crippen LogP contribution in [-0.2, 0) is 0 Å². The zero-order valence-corrected chi connectivity index (χ0v) is 11.4. The summed E-state index contributed by atoms with van der Waals surface area (Å²) < 4.78 is 0. The van der Waals surface area contributed by atoms with E-state index in [1.54, 1.807) is 0 Å². The summed E-state index contributed by atoms with van der Waals surface area (Å²) in [6.07, 6.45) is 0. The van der Waals surface area contributed by atoms with E-state index in [0.717, 1.165) is 11.1 Å². The van der Waals surface area contributed by atoms with Gasteiger partial charge in [0.15, 0.2) is 0 Å². The van der Waals surface area contributed by atoms with Crippen LogP contribution in [0, 0.1) is 19.3 Å². The summed E-state index contributed by atoms with van der Waals surface area (Å²) in [6, 6.07) is 5.79. The molecule has 0 spiro atoms. The molecule has 3 nitrogen and oxygen atoms in total. The number of hydrazine groups is 1. The highest BCUT2D eigenvalue weighted by Gasteiger charge is 2.19. The number of carbonyl (C=O) groups excluding carboxylic acids is 1. The molecule has 94 valence electrons. The van der Waals surface area contributed by atoms with Gasteiger partial charge in [0.1, 0.15) is 0 Å². The molecule has 0 fully saturated rings. The number of nitrogens with two attached hydrogens (primary N) is 1. The second kappa shape index (κ2) is 4.88. The van der Waals surface area contributed by atoms with Crippen LogP contribution in [0.4, 0.5) is 0 Å². The average molecular weight is 234 g/mol. The van der Waals surface area contributed by atoms with Crippen molar-refractivity contribution in [1.82, 2.24) is 5.01 Å². The molecule has 3 heteroatoms. The highest BCUT2D eigenvalue weighted by molar-refractivity contribution is 5.94. The van der Waals surface area contributed by atoms with Gasteiger partial charge in [-0.05, 0) is 31.4 Å². The van der Waals surface area contributed by atoms with E-state index in [0.29, 0.717) is 12.1 Å². The Morgan fingerprint density at radius 2 is 1.65 bits per heavy atom. The van der Waals surface area contributed by atoms with Crippen LogP contribution in [0.3, 0.4) is 0 Å². The molecule has 1 aromatic carbocycles. The molecule has 2 N–H and O–H groups in total. The van der Waals surface area contributed by atoms with Crippen LogP contribution < -0.4 is 5.84 Å². The lowest BCUT2D eigenvalue weighted by atomic mass is 9.96. The van der Waals surface area contributed by atoms with Crippen LogP contribution in [0.15, 0.2) is 18.2 Å². The van der Waals surface area contributed by atoms with Crippen molar-refractivity contribution in [1.29, 1.82) is 0 Å². The molecule has 17 heavy (non-hydrogen) atoms. The summed E-state index contributed by atoms with van der Waals surface area (Å²) in [7, 11) is 0. The first-order chi connectivity index (χ1) is 7.69. The maximum absolute atomic E-state index is 12.1. The van der Waals surface area contributed by atoms with Crippen molar-refractivity contribution in [2.45, 2.75) is 34.6 Å². The summed E-state index contributed by atoms with van der Waals surface area (Å²) in [5, 5.41) is 1.30. The largest absolute Gasteiger partial charge is 0.276 e. The molecule has 0 saturated carbocycles. The second-order valence-corrected chi connectivity index (χ2v) is 5.87. The Hall–Kier alpha value is -1.35. The number of nitrogens with zero attached hydrogens (tertiary/aromatic N) is 1. The SMILES string of the molecule is Cc1cc(C)cc(C(=O)N(N)CC(C)(C)C)c1. The fraction of sp³-hybridized carbons (Fsp3) is 0.500. The quantitative estimate of drug-likeness (QED) is 0.486. The molecule has 0 aliphatic rings. The van der Waals surface area contributed by atoms with Crippen molar-refractivity contribution < 1.29 is 4.79 Å². The van der Waals surface area contributed by atoms with Crippen molar-refractivity contribution in [3.8, 4) is 0 Å². The van der Waals surface area contributed by atoms with E-state index in [1.165, 1.54) is 5.01 Å². The number of rotatable bonds is 2. The van der Waals surface area contributed by atoms with Crippen molar-refractivity contribution >= 4 is 5.91 Å². The highest BCUT2D eigenvalue weighted by Crippen LogP contribution is 2.16. The lowest BCUT2D eigenvalue weighted by Gasteiger charge is -2.26. The van der Waals surface area contributed by atoms with Crippen molar-refractivity contribution in [3.63, 3.8) is 0 Å². The van der Waals surface area contributed by atoms with Crippen molar-refractivity contribution in [2.24, 2.45) is 11.3 Å². The van der Waals surface area contributed by atoms with Gasteiger partial charge in [-0.3, -0.25) is 9.80 Å². The first-order valence-corrected chi connectivity index (χ1v) is 5.84. The molecule has 0 radical (unpaired) electrons. The standard InChI is InChI=1S/C14H22N2O/c1-10-6-11(2)8-12(7-10)13(17)16(15)9-14(3,4)5/h6-8H,9,15H2,1-5H3. The van der Waals surface area contributed by atoms with Crippen molar-refractivity contribution in [3.05, 3.63) is 34.9 Å². The van der Waals surface area contributed by atoms with E-state index in [2.05, 4.69) is 20.8 Å². The fourth-order valence-electron chi connectivity index (χ4n) is 1.85. The lowest BCUT2D eigenvalue weighted by Crippen LogP contribution is -2.42. The van der Waals surface area contributed by atoms with Gasteiger partial charge in [0.25, 0.3) is 5.91 Å². The van der Waals surface area contributed by atoms with Crippen LogP contribution in [0.1, 0.15) is 42.3 Å². The van der Waals surface area contributed by atoms with Gasteiger partial charge < -0.3 is 0 Å². The third-order valence-corrected chi connectivity index (χ3v) is 2.37. The predicted molar refractivity (Wildman–Crippen MR) is 70.6 cm³/mol. The van der Waals surface area contributed by atoms with E-state index in [-0.39, 0.29) is 11.3 Å². The molecule has 0 heterocycles. The Balaban J connectivity index is 2.89. The van der Waals surface area contributed by atoms with Gasteiger partial charge in [0.05, 0.1) is 0 Å². The minimum atomic E-state index is -0.119. The molecule has 1 rings (SSSR count). The van der Waals surface area contributed by atoms with Crippen LogP contribution in [0.2, 0.25) is 0 Å². The van der Waals surface area contributed by atoms with Crippen LogP contribution in [-0.4, -0.2) is 17.5 Å². The molecule has 0 unspecified atom stereocenters. The third-order valence-electron chi connectivity index (χ3n) is 2.37.